The maximum Gasteiger partial charge on any atom is 0.216 e. The van der Waals surface area contributed by atoms with Crippen molar-refractivity contribution in [3.63, 3.8) is 0 Å². The number of anilines is 1. The second kappa shape index (κ2) is 12.1. The number of nitrogens with zero attached hydrogens (tertiary/aromatic N) is 5. The van der Waals surface area contributed by atoms with E-state index in [1.54, 1.807) is 4.68 Å². The highest BCUT2D eigenvalue weighted by molar-refractivity contribution is 14.0. The second-order valence-electron chi connectivity index (χ2n) is 7.04. The van der Waals surface area contributed by atoms with Crippen molar-refractivity contribution in [2.45, 2.75) is 40.2 Å². The molecule has 3 aromatic rings. The molecule has 0 saturated carbocycles. The Labute approximate surface area is 205 Å². The number of hydrogen-bond donors (Lipinski definition) is 3. The first-order chi connectivity index (χ1) is 15.0. The second-order valence-corrected chi connectivity index (χ2v) is 7.04. The molecule has 0 aliphatic heterocycles. The lowest BCUT2D eigenvalue weighted by atomic mass is 10.1. The molecule has 0 saturated heterocycles. The molecule has 0 aliphatic rings. The molecule has 3 rings (SSSR count). The molecule has 9 nitrogen and oxygen atoms in total. The summed E-state index contributed by atoms with van der Waals surface area (Å²) in [4.78, 5) is 8.87. The van der Waals surface area contributed by atoms with Gasteiger partial charge in [0.1, 0.15) is 29.8 Å². The summed E-state index contributed by atoms with van der Waals surface area (Å²) in [5.74, 6) is 2.45. The van der Waals surface area contributed by atoms with Crippen molar-refractivity contribution in [2.75, 3.05) is 18.8 Å². The molecule has 2 heterocycles. The largest absolute Gasteiger partial charge is 0.444 e. The summed E-state index contributed by atoms with van der Waals surface area (Å²) in [6.45, 7) is 7.58. The van der Waals surface area contributed by atoms with E-state index in [2.05, 4.69) is 31.8 Å². The molecule has 0 aliphatic carbocycles. The number of aliphatic imine (C=N–C) groups is 1. The number of rotatable bonds is 8. The van der Waals surface area contributed by atoms with Crippen molar-refractivity contribution in [3.8, 4) is 11.8 Å². The van der Waals surface area contributed by atoms with E-state index in [4.69, 9.17) is 10.2 Å². The summed E-state index contributed by atoms with van der Waals surface area (Å²) in [5.41, 5.74) is 9.00. The van der Waals surface area contributed by atoms with Crippen molar-refractivity contribution in [1.82, 2.24) is 25.4 Å². The lowest BCUT2D eigenvalue weighted by molar-refractivity contribution is 0.472. The molecule has 0 bridgehead atoms. The summed E-state index contributed by atoms with van der Waals surface area (Å²) < 4.78 is 7.19. The third-order valence-electron chi connectivity index (χ3n) is 4.78. The van der Waals surface area contributed by atoms with Crippen LogP contribution in [0.3, 0.4) is 0 Å². The van der Waals surface area contributed by atoms with E-state index in [1.165, 1.54) is 0 Å². The fourth-order valence-electron chi connectivity index (χ4n) is 3.10. The third-order valence-corrected chi connectivity index (χ3v) is 4.78. The number of aryl methyl sites for hydroxylation is 3. The summed E-state index contributed by atoms with van der Waals surface area (Å²) in [6, 6.07) is 11.8. The minimum atomic E-state index is 0. The maximum absolute atomic E-state index is 9.53. The molecule has 32 heavy (non-hydrogen) atoms. The highest BCUT2D eigenvalue weighted by atomic mass is 127. The van der Waals surface area contributed by atoms with Crippen LogP contribution >= 0.6 is 24.0 Å². The van der Waals surface area contributed by atoms with Crippen molar-refractivity contribution in [1.29, 1.82) is 5.26 Å². The van der Waals surface area contributed by atoms with E-state index < -0.39 is 0 Å². The van der Waals surface area contributed by atoms with E-state index in [1.807, 2.05) is 51.1 Å². The number of para-hydroxylation sites is 1. The highest BCUT2D eigenvalue weighted by Crippen LogP contribution is 2.21. The molecule has 1 aromatic carbocycles. The van der Waals surface area contributed by atoms with E-state index >= 15 is 0 Å². The first kappa shape index (κ1) is 25.2. The third kappa shape index (κ3) is 6.23. The molecule has 0 unspecified atom stereocenters. The molecule has 0 spiro atoms. The average molecular weight is 548 g/mol. The summed E-state index contributed by atoms with van der Waals surface area (Å²) in [5, 5.41) is 20.6. The number of nitrogens with one attached hydrogen (secondary N) is 2. The standard InChI is InChI=1S/C22H28N8O.HI/c1-4-25-22(27-14-20-28-15(2)16(3)31-20)26-12-8-11-19-18(13-23)21(24)30(29-19)17-9-6-5-7-10-17;/h5-7,9-10H,4,8,11-12,14,24H2,1-3H3,(H2,25,26,27);1H. The Morgan fingerprint density at radius 3 is 2.62 bits per heavy atom. The summed E-state index contributed by atoms with van der Waals surface area (Å²) in [6.07, 6.45) is 1.39. The highest BCUT2D eigenvalue weighted by Gasteiger charge is 2.16. The number of nitriles is 1. The van der Waals surface area contributed by atoms with Crippen LogP contribution in [-0.2, 0) is 13.0 Å². The zero-order valence-electron chi connectivity index (χ0n) is 18.6. The van der Waals surface area contributed by atoms with Crippen LogP contribution in [0.2, 0.25) is 0 Å². The van der Waals surface area contributed by atoms with Gasteiger partial charge in [-0.1, -0.05) is 18.2 Å². The Balaban J connectivity index is 0.00000363. The van der Waals surface area contributed by atoms with Gasteiger partial charge in [0.25, 0.3) is 0 Å². The minimum absolute atomic E-state index is 0. The lowest BCUT2D eigenvalue weighted by Crippen LogP contribution is -2.37. The number of halogens is 1. The van der Waals surface area contributed by atoms with Gasteiger partial charge >= 0.3 is 0 Å². The first-order valence-corrected chi connectivity index (χ1v) is 10.3. The quantitative estimate of drug-likeness (QED) is 0.171. The fourth-order valence-corrected chi connectivity index (χ4v) is 3.10. The van der Waals surface area contributed by atoms with Gasteiger partial charge in [-0.05, 0) is 45.7 Å². The van der Waals surface area contributed by atoms with Gasteiger partial charge in [0, 0.05) is 13.1 Å². The van der Waals surface area contributed by atoms with Gasteiger partial charge in [-0.15, -0.1) is 24.0 Å². The number of hydrogen-bond acceptors (Lipinski definition) is 6. The molecule has 0 fully saturated rings. The molecule has 4 N–H and O–H groups in total. The normalized spacial score (nSPS) is 11.0. The number of oxazole rings is 1. The average Bonchev–Trinajstić information content (AvgIpc) is 3.27. The topological polar surface area (TPSA) is 130 Å². The van der Waals surface area contributed by atoms with Crippen LogP contribution in [-0.4, -0.2) is 33.8 Å². The zero-order chi connectivity index (χ0) is 22.2. The number of nitrogen functional groups attached to an aromatic ring is 1. The smallest absolute Gasteiger partial charge is 0.216 e. The number of guanidine groups is 1. The monoisotopic (exact) mass is 548 g/mol. The molecule has 170 valence electrons. The zero-order valence-corrected chi connectivity index (χ0v) is 20.9. The van der Waals surface area contributed by atoms with Crippen LogP contribution in [0.5, 0.6) is 0 Å². The Kier molecular flexibility index (Phi) is 9.52. The van der Waals surface area contributed by atoms with Crippen LogP contribution in [0.15, 0.2) is 39.7 Å². The van der Waals surface area contributed by atoms with E-state index in [-0.39, 0.29) is 24.0 Å². The van der Waals surface area contributed by atoms with E-state index in [0.717, 1.165) is 30.1 Å². The molecular weight excluding hydrogens is 519 g/mol. The van der Waals surface area contributed by atoms with Crippen LogP contribution < -0.4 is 16.4 Å². The minimum Gasteiger partial charge on any atom is -0.444 e. The van der Waals surface area contributed by atoms with Crippen molar-refractivity contribution in [2.24, 2.45) is 4.99 Å². The van der Waals surface area contributed by atoms with Gasteiger partial charge < -0.3 is 20.8 Å². The molecule has 2 aromatic heterocycles. The van der Waals surface area contributed by atoms with Crippen LogP contribution in [0.4, 0.5) is 5.82 Å². The van der Waals surface area contributed by atoms with Crippen molar-refractivity contribution >= 4 is 35.8 Å². The molecule has 10 heteroatoms. The Morgan fingerprint density at radius 1 is 1.25 bits per heavy atom. The van der Waals surface area contributed by atoms with E-state index in [0.29, 0.717) is 48.4 Å². The van der Waals surface area contributed by atoms with Gasteiger partial charge in [0.05, 0.1) is 17.1 Å². The predicted octanol–water partition coefficient (Wildman–Crippen LogP) is 3.24. The van der Waals surface area contributed by atoms with Crippen molar-refractivity contribution in [3.05, 3.63) is 58.9 Å². The summed E-state index contributed by atoms with van der Waals surface area (Å²) in [7, 11) is 0. The van der Waals surface area contributed by atoms with Crippen molar-refractivity contribution < 1.29 is 4.42 Å². The van der Waals surface area contributed by atoms with Gasteiger partial charge in [0.2, 0.25) is 5.89 Å². The van der Waals surface area contributed by atoms with Gasteiger partial charge in [-0.25, -0.2) is 14.7 Å². The van der Waals surface area contributed by atoms with Crippen LogP contribution in [0, 0.1) is 25.2 Å². The molecular formula is C22H29IN8O. The first-order valence-electron chi connectivity index (χ1n) is 10.3. The lowest BCUT2D eigenvalue weighted by Gasteiger charge is -2.10. The molecule has 0 radical (unpaired) electrons. The number of aromatic nitrogens is 3. The van der Waals surface area contributed by atoms with Gasteiger partial charge in [-0.3, -0.25) is 0 Å². The van der Waals surface area contributed by atoms with Crippen LogP contribution in [0.25, 0.3) is 5.69 Å². The Bertz CT molecular complexity index is 1060. The number of benzene rings is 1. The molecule has 0 atom stereocenters. The van der Waals surface area contributed by atoms with Crippen LogP contribution in [0.1, 0.15) is 41.9 Å². The Morgan fingerprint density at radius 2 is 2.00 bits per heavy atom. The predicted molar refractivity (Wildman–Crippen MR) is 135 cm³/mol. The number of nitrogens with two attached hydrogens (primary N) is 1. The Hall–Kier alpha value is -3.07. The molecule has 0 amide bonds. The summed E-state index contributed by atoms with van der Waals surface area (Å²) >= 11 is 0. The maximum atomic E-state index is 9.53. The van der Waals surface area contributed by atoms with Gasteiger partial charge in [0.15, 0.2) is 5.96 Å². The fraction of sp³-hybridized carbons (Fsp3) is 0.364. The van der Waals surface area contributed by atoms with Gasteiger partial charge in [-0.2, -0.15) is 10.4 Å². The van der Waals surface area contributed by atoms with E-state index in [9.17, 15) is 5.26 Å². The SMILES string of the molecule is CCNC(=NCc1nc(C)c(C)o1)NCCCc1nn(-c2ccccc2)c(N)c1C#N.I.